The molecule has 4 aliphatic heterocycles. The molecule has 12 heteroatoms. The highest BCUT2D eigenvalue weighted by molar-refractivity contribution is 5.88. The van der Waals surface area contributed by atoms with Crippen molar-refractivity contribution < 1.29 is 39.1 Å². The predicted molar refractivity (Wildman–Crippen MR) is 191 cm³/mol. The molecule has 7 N–H and O–H groups in total. The summed E-state index contributed by atoms with van der Waals surface area (Å²) in [7, 11) is 0. The standard InChI is InChI=1S/C38H55N5O7/c1-5-25(4)35-37(47)39-18-8-20-50-29-16-12-27(13-17-29)22-31(36(46)43-35)40-23-32(44)30-21-26-10-14-28(15-11-26)49-19-7-6-9-33(45)42-34(24(2)3)38(48)41-30/h10-17,24-25,30-32,34-35,40,44H,5-9,18-23H2,1-4H3,(H,39,47)(H,41,48)(H,42,45)(H,43,46)/p+1/t25?,30-,31-,32+,34-,35-/m0/s1. The van der Waals surface area contributed by atoms with E-state index in [1.807, 2.05) is 76.2 Å². The van der Waals surface area contributed by atoms with Crippen LogP contribution in [-0.2, 0) is 27.2 Å². The highest BCUT2D eigenvalue weighted by Crippen LogP contribution is 2.18. The fraction of sp³-hybridized carbons (Fsp3) is 0.579. The number of hydrogen-bond donors (Lipinski definition) is 7. The van der Waals surface area contributed by atoms with Crippen molar-refractivity contribution in [1.82, 2.24) is 21.3 Å². The van der Waals surface area contributed by atoms with Crippen molar-refractivity contribution in [3.63, 3.8) is 0 Å². The first-order chi connectivity index (χ1) is 24.0. The molecule has 0 aliphatic carbocycles. The number of nitrogens with one attached hydrogen (secondary N) is 5. The van der Waals surface area contributed by atoms with Crippen LogP contribution in [0.2, 0.25) is 0 Å². The second-order valence-corrected chi connectivity index (χ2v) is 13.8. The van der Waals surface area contributed by atoms with Crippen molar-refractivity contribution in [2.24, 2.45) is 11.8 Å². The average Bonchev–Trinajstić information content (AvgIpc) is 3.10. The number of fused-ring (bicyclic) bond motifs is 24. The molecule has 1 unspecified atom stereocenters. The van der Waals surface area contributed by atoms with E-state index in [-0.39, 0.29) is 48.4 Å². The number of aliphatic hydroxyl groups excluding tert-OH is 2. The molecule has 2 aromatic rings. The van der Waals surface area contributed by atoms with Gasteiger partial charge >= 0.3 is 5.90 Å². The smallest absolute Gasteiger partial charge is 0.355 e. The Morgan fingerprint density at radius 1 is 0.820 bits per heavy atom. The van der Waals surface area contributed by atoms with E-state index in [0.29, 0.717) is 63.4 Å². The van der Waals surface area contributed by atoms with Gasteiger partial charge < -0.3 is 41.0 Å². The lowest BCUT2D eigenvalue weighted by molar-refractivity contribution is -0.469. The van der Waals surface area contributed by atoms with Crippen molar-refractivity contribution in [3.8, 4) is 11.5 Å². The Bertz CT molecular complexity index is 1420. The third-order valence-electron chi connectivity index (χ3n) is 9.46. The van der Waals surface area contributed by atoms with Crippen LogP contribution in [0.3, 0.4) is 0 Å². The Hall–Kier alpha value is -4.16. The van der Waals surface area contributed by atoms with Gasteiger partial charge in [0.05, 0.1) is 31.4 Å². The summed E-state index contributed by atoms with van der Waals surface area (Å²) in [6.07, 6.45) is 2.50. The SMILES string of the molecule is CCC(C)[C@@H]1NC(=O)[C@@H](NC[C@@H](O)[C@@H]2Cc3ccc(cc3)OCCCCC(=O)N[C@@H](C(C)C)C(=O)N2)Cc2ccc(cc2)OCCC[NH+]=C1O. The van der Waals surface area contributed by atoms with Gasteiger partial charge in [0.25, 0.3) is 0 Å². The highest BCUT2D eigenvalue weighted by atomic mass is 16.5. The monoisotopic (exact) mass is 694 g/mol. The normalized spacial score (nSPS) is 24.4. The number of hydrogen-bond acceptors (Lipinski definition) is 7. The molecule has 50 heavy (non-hydrogen) atoms. The molecule has 6 atom stereocenters. The molecule has 4 heterocycles. The molecule has 4 bridgehead atoms. The molecule has 0 saturated carbocycles. The van der Waals surface area contributed by atoms with Crippen molar-refractivity contribution in [3.05, 3.63) is 59.7 Å². The lowest BCUT2D eigenvalue weighted by Gasteiger charge is -2.30. The summed E-state index contributed by atoms with van der Waals surface area (Å²) in [4.78, 5) is 43.4. The van der Waals surface area contributed by atoms with Crippen LogP contribution in [0, 0.1) is 11.8 Å². The van der Waals surface area contributed by atoms with E-state index in [2.05, 4.69) is 26.3 Å². The lowest BCUT2D eigenvalue weighted by atomic mass is 9.96. The minimum atomic E-state index is -1.11. The summed E-state index contributed by atoms with van der Waals surface area (Å²) >= 11 is 0. The van der Waals surface area contributed by atoms with Crippen LogP contribution in [0.25, 0.3) is 0 Å². The van der Waals surface area contributed by atoms with Gasteiger partial charge in [-0.1, -0.05) is 58.4 Å². The first-order valence-electron chi connectivity index (χ1n) is 18.1. The summed E-state index contributed by atoms with van der Waals surface area (Å²) in [5.41, 5.74) is 1.76. The molecule has 274 valence electrons. The van der Waals surface area contributed by atoms with Gasteiger partial charge in [-0.05, 0) is 72.9 Å². The first-order valence-corrected chi connectivity index (χ1v) is 18.1. The molecule has 0 spiro atoms. The van der Waals surface area contributed by atoms with E-state index < -0.39 is 30.3 Å². The van der Waals surface area contributed by atoms with Crippen molar-refractivity contribution in [1.29, 1.82) is 0 Å². The highest BCUT2D eigenvalue weighted by Gasteiger charge is 2.33. The summed E-state index contributed by atoms with van der Waals surface area (Å²) in [5, 5.41) is 34.8. The maximum atomic E-state index is 13.9. The maximum Gasteiger partial charge on any atom is 0.355 e. The minimum Gasteiger partial charge on any atom is -0.494 e. The van der Waals surface area contributed by atoms with Gasteiger partial charge in [0.15, 0.2) is 6.04 Å². The predicted octanol–water partition coefficient (Wildman–Crippen LogP) is 1.33. The third kappa shape index (κ3) is 11.7. The number of ether oxygens (including phenoxy) is 2. The van der Waals surface area contributed by atoms with Crippen LogP contribution < -0.4 is 35.7 Å². The van der Waals surface area contributed by atoms with E-state index in [9.17, 15) is 24.6 Å². The zero-order chi connectivity index (χ0) is 36.0. The van der Waals surface area contributed by atoms with Crippen molar-refractivity contribution in [2.75, 3.05) is 26.3 Å². The topological polar surface area (TPSA) is 172 Å². The number of amides is 3. The van der Waals surface area contributed by atoms with Gasteiger partial charge in [0.2, 0.25) is 17.7 Å². The molecular formula is C38H56N5O7+. The number of benzene rings is 2. The van der Waals surface area contributed by atoms with Crippen LogP contribution in [-0.4, -0.2) is 90.4 Å². The molecule has 4 aliphatic rings. The molecule has 0 aromatic heterocycles. The van der Waals surface area contributed by atoms with Crippen LogP contribution in [0.15, 0.2) is 48.5 Å². The Morgan fingerprint density at radius 3 is 2.06 bits per heavy atom. The molecule has 0 radical (unpaired) electrons. The minimum absolute atomic E-state index is 0.00198. The Morgan fingerprint density at radius 2 is 1.44 bits per heavy atom. The summed E-state index contributed by atoms with van der Waals surface area (Å²) in [6.45, 7) is 9.11. The number of aliphatic hydroxyl groups is 2. The van der Waals surface area contributed by atoms with Gasteiger partial charge in [0, 0.05) is 19.4 Å². The average molecular weight is 695 g/mol. The number of carbonyl (C=O) groups is 3. The van der Waals surface area contributed by atoms with Crippen LogP contribution >= 0.6 is 0 Å². The molecular weight excluding hydrogens is 638 g/mol. The first kappa shape index (κ1) is 38.6. The Labute approximate surface area is 295 Å². The quantitative estimate of drug-likeness (QED) is 0.228. The van der Waals surface area contributed by atoms with Gasteiger partial charge in [0.1, 0.15) is 24.1 Å². The molecule has 2 aromatic carbocycles. The third-order valence-corrected chi connectivity index (χ3v) is 9.46. The second-order valence-electron chi connectivity index (χ2n) is 13.8. The molecule has 0 saturated heterocycles. The van der Waals surface area contributed by atoms with E-state index in [0.717, 1.165) is 17.5 Å². The van der Waals surface area contributed by atoms with Crippen molar-refractivity contribution >= 4 is 23.6 Å². The van der Waals surface area contributed by atoms with E-state index in [1.165, 1.54) is 0 Å². The zero-order valence-electron chi connectivity index (χ0n) is 29.9. The Kier molecular flexibility index (Phi) is 14.9. The summed E-state index contributed by atoms with van der Waals surface area (Å²) < 4.78 is 11.7. The van der Waals surface area contributed by atoms with Crippen molar-refractivity contribution in [2.45, 2.75) is 103 Å². The fourth-order valence-corrected chi connectivity index (χ4v) is 6.07. The molecule has 0 fully saturated rings. The summed E-state index contributed by atoms with van der Waals surface area (Å²) in [5.74, 6) is 0.257. The van der Waals surface area contributed by atoms with Crippen LogP contribution in [0.5, 0.6) is 11.5 Å². The fourth-order valence-electron chi connectivity index (χ4n) is 6.07. The molecule has 3 amide bonds. The Balaban J connectivity index is 1.58. The number of carbonyl (C=O) groups excluding carboxylic acids is 3. The second kappa shape index (κ2) is 19.3. The summed E-state index contributed by atoms with van der Waals surface area (Å²) in [6, 6.07) is 12.2. The van der Waals surface area contributed by atoms with Crippen LogP contribution in [0.4, 0.5) is 0 Å². The zero-order valence-corrected chi connectivity index (χ0v) is 29.9. The molecule has 12 nitrogen and oxygen atoms in total. The van der Waals surface area contributed by atoms with Gasteiger partial charge in [-0.2, -0.15) is 0 Å². The van der Waals surface area contributed by atoms with Gasteiger partial charge in [-0.25, -0.2) is 4.99 Å². The van der Waals surface area contributed by atoms with Crippen LogP contribution in [0.1, 0.15) is 70.9 Å². The van der Waals surface area contributed by atoms with E-state index in [1.54, 1.807) is 0 Å². The lowest BCUT2D eigenvalue weighted by Crippen LogP contribution is -2.77. The largest absolute Gasteiger partial charge is 0.494 e. The van der Waals surface area contributed by atoms with E-state index >= 15 is 0 Å². The van der Waals surface area contributed by atoms with Gasteiger partial charge in [-0.15, -0.1) is 0 Å². The number of rotatable bonds is 7. The maximum absolute atomic E-state index is 13.9. The van der Waals surface area contributed by atoms with Gasteiger partial charge in [-0.3, -0.25) is 14.4 Å². The van der Waals surface area contributed by atoms with E-state index in [4.69, 9.17) is 9.47 Å². The molecule has 6 rings (SSSR count).